The maximum Gasteiger partial charge on any atom is 0.0697 e. The van der Waals surface area contributed by atoms with Crippen molar-refractivity contribution < 1.29 is 9.47 Å². The van der Waals surface area contributed by atoms with Crippen molar-refractivity contribution in [3.63, 3.8) is 0 Å². The molecule has 0 aromatic carbocycles. The monoisotopic (exact) mass is 253 g/mol. The molecule has 104 valence electrons. The van der Waals surface area contributed by atoms with E-state index < -0.39 is 0 Å². The Hall–Kier alpha value is -0.120. The lowest BCUT2D eigenvalue weighted by molar-refractivity contribution is -0.0842. The topological polar surface area (TPSA) is 30.5 Å². The molecule has 1 atom stereocenters. The van der Waals surface area contributed by atoms with E-state index in [9.17, 15) is 0 Å². The fourth-order valence-corrected chi connectivity index (χ4v) is 3.85. The van der Waals surface area contributed by atoms with E-state index in [0.29, 0.717) is 6.04 Å². The molecule has 1 spiro atoms. The van der Waals surface area contributed by atoms with E-state index in [2.05, 4.69) is 5.32 Å². The first-order chi connectivity index (χ1) is 8.86. The molecule has 2 saturated heterocycles. The van der Waals surface area contributed by atoms with Crippen LogP contribution in [0.2, 0.25) is 0 Å². The van der Waals surface area contributed by atoms with Crippen molar-refractivity contribution in [3.05, 3.63) is 0 Å². The third kappa shape index (κ3) is 3.06. The molecule has 0 amide bonds. The van der Waals surface area contributed by atoms with Crippen LogP contribution in [0.4, 0.5) is 0 Å². The normalized spacial score (nSPS) is 33.0. The van der Waals surface area contributed by atoms with Gasteiger partial charge < -0.3 is 14.8 Å². The van der Waals surface area contributed by atoms with E-state index >= 15 is 0 Å². The second kappa shape index (κ2) is 5.89. The van der Waals surface area contributed by atoms with Crippen LogP contribution < -0.4 is 5.32 Å². The van der Waals surface area contributed by atoms with Crippen LogP contribution in [0.3, 0.4) is 0 Å². The third-order valence-corrected chi connectivity index (χ3v) is 5.04. The summed E-state index contributed by atoms with van der Waals surface area (Å²) in [7, 11) is 0. The van der Waals surface area contributed by atoms with Crippen molar-refractivity contribution in [2.45, 2.75) is 63.0 Å². The molecule has 0 radical (unpaired) electrons. The lowest BCUT2D eigenvalue weighted by atomic mass is 9.88. The largest absolute Gasteiger partial charge is 0.381 e. The van der Waals surface area contributed by atoms with Gasteiger partial charge in [0.15, 0.2) is 0 Å². The number of nitrogens with one attached hydrogen (secondary N) is 1. The quantitative estimate of drug-likeness (QED) is 0.838. The summed E-state index contributed by atoms with van der Waals surface area (Å²) in [5, 5.41) is 3.81. The van der Waals surface area contributed by atoms with Gasteiger partial charge in [0.2, 0.25) is 0 Å². The highest BCUT2D eigenvalue weighted by atomic mass is 16.5. The van der Waals surface area contributed by atoms with Gasteiger partial charge in [-0.1, -0.05) is 12.8 Å². The molecule has 0 aromatic heterocycles. The van der Waals surface area contributed by atoms with Gasteiger partial charge in [-0.2, -0.15) is 0 Å². The number of rotatable bonds is 3. The molecule has 0 bridgehead atoms. The second-order valence-corrected chi connectivity index (χ2v) is 6.39. The Morgan fingerprint density at radius 2 is 1.78 bits per heavy atom. The molecule has 3 aliphatic rings. The summed E-state index contributed by atoms with van der Waals surface area (Å²) >= 11 is 0. The fraction of sp³-hybridized carbons (Fsp3) is 1.00. The molecule has 3 fully saturated rings. The van der Waals surface area contributed by atoms with Crippen LogP contribution in [0.15, 0.2) is 0 Å². The molecule has 1 saturated carbocycles. The zero-order valence-corrected chi connectivity index (χ0v) is 11.5. The SMILES string of the molecule is C1CCC2(C1)CC(NCC1CCOCC1)CCO2. The van der Waals surface area contributed by atoms with Gasteiger partial charge in [0.25, 0.3) is 0 Å². The minimum Gasteiger partial charge on any atom is -0.381 e. The minimum absolute atomic E-state index is 0.256. The Morgan fingerprint density at radius 1 is 1.00 bits per heavy atom. The van der Waals surface area contributed by atoms with Gasteiger partial charge in [0.05, 0.1) is 5.60 Å². The summed E-state index contributed by atoms with van der Waals surface area (Å²) in [6, 6.07) is 0.694. The van der Waals surface area contributed by atoms with Crippen molar-refractivity contribution in [1.82, 2.24) is 5.32 Å². The van der Waals surface area contributed by atoms with Crippen LogP contribution in [0.1, 0.15) is 51.4 Å². The predicted octanol–water partition coefficient (Wildman–Crippen LogP) is 2.49. The van der Waals surface area contributed by atoms with Crippen LogP contribution in [-0.4, -0.2) is 38.0 Å². The van der Waals surface area contributed by atoms with E-state index in [4.69, 9.17) is 9.47 Å². The van der Waals surface area contributed by atoms with E-state index in [1.165, 1.54) is 57.9 Å². The summed E-state index contributed by atoms with van der Waals surface area (Å²) in [4.78, 5) is 0. The van der Waals surface area contributed by atoms with Crippen molar-refractivity contribution in [1.29, 1.82) is 0 Å². The summed E-state index contributed by atoms with van der Waals surface area (Å²) in [5.41, 5.74) is 0.256. The molecule has 1 unspecified atom stereocenters. The first-order valence-corrected chi connectivity index (χ1v) is 7.81. The Balaban J connectivity index is 1.44. The van der Waals surface area contributed by atoms with Gasteiger partial charge in [0.1, 0.15) is 0 Å². The van der Waals surface area contributed by atoms with Gasteiger partial charge in [-0.05, 0) is 51.0 Å². The van der Waals surface area contributed by atoms with Crippen molar-refractivity contribution in [2.75, 3.05) is 26.4 Å². The molecule has 3 heteroatoms. The van der Waals surface area contributed by atoms with Gasteiger partial charge >= 0.3 is 0 Å². The predicted molar refractivity (Wildman–Crippen MR) is 71.7 cm³/mol. The zero-order chi connectivity index (χ0) is 12.3. The van der Waals surface area contributed by atoms with Gasteiger partial charge in [-0.25, -0.2) is 0 Å². The molecular weight excluding hydrogens is 226 g/mol. The molecule has 2 aliphatic heterocycles. The Bertz CT molecular complexity index is 257. The Kier molecular flexibility index (Phi) is 4.22. The second-order valence-electron chi connectivity index (χ2n) is 6.39. The van der Waals surface area contributed by atoms with Crippen LogP contribution in [0.25, 0.3) is 0 Å². The number of hydrogen-bond donors (Lipinski definition) is 1. The highest BCUT2D eigenvalue weighted by molar-refractivity contribution is 4.93. The number of hydrogen-bond acceptors (Lipinski definition) is 3. The van der Waals surface area contributed by atoms with Crippen molar-refractivity contribution in [3.8, 4) is 0 Å². The molecule has 3 nitrogen and oxygen atoms in total. The molecule has 1 aliphatic carbocycles. The fourth-order valence-electron chi connectivity index (χ4n) is 3.85. The molecule has 2 heterocycles. The first-order valence-electron chi connectivity index (χ1n) is 7.81. The molecular formula is C15H27NO2. The van der Waals surface area contributed by atoms with E-state index in [1.54, 1.807) is 0 Å². The number of ether oxygens (including phenoxy) is 2. The average Bonchev–Trinajstić information content (AvgIpc) is 2.86. The molecule has 0 aromatic rings. The standard InChI is InChI=1S/C15H27NO2/c1-2-7-15(6-1)11-14(5-10-18-15)16-12-13-3-8-17-9-4-13/h13-14,16H,1-12H2. The highest BCUT2D eigenvalue weighted by Gasteiger charge is 2.39. The summed E-state index contributed by atoms with van der Waals surface area (Å²) in [5.74, 6) is 0.834. The van der Waals surface area contributed by atoms with E-state index in [1.807, 2.05) is 0 Å². The zero-order valence-electron chi connectivity index (χ0n) is 11.5. The Morgan fingerprint density at radius 3 is 2.56 bits per heavy atom. The summed E-state index contributed by atoms with van der Waals surface area (Å²) in [6.45, 7) is 4.07. The maximum atomic E-state index is 6.09. The molecule has 1 N–H and O–H groups in total. The van der Waals surface area contributed by atoms with Crippen LogP contribution >= 0.6 is 0 Å². The summed E-state index contributed by atoms with van der Waals surface area (Å²) in [6.07, 6.45) is 10.2. The van der Waals surface area contributed by atoms with Gasteiger partial charge in [-0.15, -0.1) is 0 Å². The summed E-state index contributed by atoms with van der Waals surface area (Å²) < 4.78 is 11.5. The van der Waals surface area contributed by atoms with Gasteiger partial charge in [-0.3, -0.25) is 0 Å². The van der Waals surface area contributed by atoms with Crippen LogP contribution in [0.5, 0.6) is 0 Å². The van der Waals surface area contributed by atoms with E-state index in [-0.39, 0.29) is 5.60 Å². The van der Waals surface area contributed by atoms with Crippen molar-refractivity contribution in [2.24, 2.45) is 5.92 Å². The average molecular weight is 253 g/mol. The smallest absolute Gasteiger partial charge is 0.0697 e. The maximum absolute atomic E-state index is 6.09. The highest BCUT2D eigenvalue weighted by Crippen LogP contribution is 2.40. The third-order valence-electron chi connectivity index (χ3n) is 5.04. The molecule has 3 rings (SSSR count). The minimum atomic E-state index is 0.256. The Labute approximate surface area is 111 Å². The molecule has 18 heavy (non-hydrogen) atoms. The van der Waals surface area contributed by atoms with Crippen LogP contribution in [0, 0.1) is 5.92 Å². The first kappa shape index (κ1) is 12.9. The van der Waals surface area contributed by atoms with Gasteiger partial charge in [0, 0.05) is 25.9 Å². The van der Waals surface area contributed by atoms with E-state index in [0.717, 1.165) is 25.7 Å². The van der Waals surface area contributed by atoms with Crippen molar-refractivity contribution >= 4 is 0 Å². The lowest BCUT2D eigenvalue weighted by Gasteiger charge is -2.39. The lowest BCUT2D eigenvalue weighted by Crippen LogP contribution is -2.47. The van der Waals surface area contributed by atoms with Crippen LogP contribution in [-0.2, 0) is 9.47 Å².